The summed E-state index contributed by atoms with van der Waals surface area (Å²) in [5, 5.41) is 4.95. The van der Waals surface area contributed by atoms with Crippen molar-refractivity contribution >= 4 is 39.5 Å². The molecule has 0 saturated carbocycles. The van der Waals surface area contributed by atoms with E-state index in [1.807, 2.05) is 6.07 Å². The second-order valence-electron chi connectivity index (χ2n) is 4.68. The summed E-state index contributed by atoms with van der Waals surface area (Å²) >= 11 is 3.27. The fraction of sp³-hybridized carbons (Fsp3) is 0.0625. The number of halogens is 1. The molecule has 124 valence electrons. The van der Waals surface area contributed by atoms with Gasteiger partial charge in [0.05, 0.1) is 0 Å². The van der Waals surface area contributed by atoms with Crippen LogP contribution in [0.5, 0.6) is 0 Å². The van der Waals surface area contributed by atoms with Gasteiger partial charge in [-0.1, -0.05) is 34.1 Å². The van der Waals surface area contributed by atoms with Gasteiger partial charge in [-0.2, -0.15) is 0 Å². The molecule has 2 rings (SSSR count). The van der Waals surface area contributed by atoms with Crippen LogP contribution >= 0.6 is 15.9 Å². The van der Waals surface area contributed by atoms with Gasteiger partial charge in [-0.25, -0.2) is 4.79 Å². The molecule has 4 amide bonds. The molecule has 0 aliphatic carbocycles. The second kappa shape index (κ2) is 8.68. The highest BCUT2D eigenvalue weighted by Crippen LogP contribution is 2.10. The van der Waals surface area contributed by atoms with E-state index in [1.165, 1.54) is 0 Å². The molecular weight excluding hydrogens is 376 g/mol. The standard InChI is InChI=1S/C16H15BrN4O3/c17-12-8-6-11(7-9-12)15(23)21-20-14(22)10-18-16(24)19-13-4-2-1-3-5-13/h1-9H,10H2,(H,20,22)(H,21,23)(H2,18,19,24). The van der Waals surface area contributed by atoms with Crippen molar-refractivity contribution in [2.24, 2.45) is 0 Å². The number of carbonyl (C=O) groups is 3. The fourth-order valence-electron chi connectivity index (χ4n) is 1.70. The number of hydrazine groups is 1. The highest BCUT2D eigenvalue weighted by molar-refractivity contribution is 9.10. The lowest BCUT2D eigenvalue weighted by molar-refractivity contribution is -0.120. The minimum Gasteiger partial charge on any atom is -0.329 e. The van der Waals surface area contributed by atoms with E-state index in [-0.39, 0.29) is 6.54 Å². The van der Waals surface area contributed by atoms with Crippen LogP contribution in [0.4, 0.5) is 10.5 Å². The first-order valence-electron chi connectivity index (χ1n) is 6.99. The number of hydrogen-bond acceptors (Lipinski definition) is 3. The van der Waals surface area contributed by atoms with Gasteiger partial charge in [0.1, 0.15) is 6.54 Å². The van der Waals surface area contributed by atoms with Gasteiger partial charge < -0.3 is 10.6 Å². The molecule has 4 N–H and O–H groups in total. The van der Waals surface area contributed by atoms with E-state index in [9.17, 15) is 14.4 Å². The first-order valence-corrected chi connectivity index (χ1v) is 7.78. The highest BCUT2D eigenvalue weighted by Gasteiger charge is 2.08. The molecule has 0 radical (unpaired) electrons. The molecule has 0 saturated heterocycles. The number of urea groups is 1. The van der Waals surface area contributed by atoms with Crippen LogP contribution < -0.4 is 21.5 Å². The van der Waals surface area contributed by atoms with Gasteiger partial charge in [0.2, 0.25) is 0 Å². The van der Waals surface area contributed by atoms with Gasteiger partial charge in [0.15, 0.2) is 0 Å². The van der Waals surface area contributed by atoms with E-state index < -0.39 is 17.8 Å². The number of para-hydroxylation sites is 1. The van der Waals surface area contributed by atoms with Gasteiger partial charge in [0.25, 0.3) is 11.8 Å². The summed E-state index contributed by atoms with van der Waals surface area (Å²) in [6, 6.07) is 14.9. The normalized spacial score (nSPS) is 9.71. The molecule has 0 bridgehead atoms. The Morgan fingerprint density at radius 1 is 0.875 bits per heavy atom. The zero-order chi connectivity index (χ0) is 17.4. The average molecular weight is 391 g/mol. The number of carbonyl (C=O) groups excluding carboxylic acids is 3. The lowest BCUT2D eigenvalue weighted by Gasteiger charge is -2.09. The Labute approximate surface area is 146 Å². The first kappa shape index (κ1) is 17.5. The maximum atomic E-state index is 11.8. The molecule has 8 heteroatoms. The van der Waals surface area contributed by atoms with Crippen LogP contribution in [0.1, 0.15) is 10.4 Å². The average Bonchev–Trinajstić information content (AvgIpc) is 2.59. The van der Waals surface area contributed by atoms with Crippen molar-refractivity contribution in [3.63, 3.8) is 0 Å². The van der Waals surface area contributed by atoms with E-state index in [4.69, 9.17) is 0 Å². The van der Waals surface area contributed by atoms with E-state index >= 15 is 0 Å². The predicted molar refractivity (Wildman–Crippen MR) is 93.2 cm³/mol. The van der Waals surface area contributed by atoms with E-state index in [2.05, 4.69) is 37.4 Å². The Hall–Kier alpha value is -2.87. The van der Waals surface area contributed by atoms with Crippen LogP contribution in [0.15, 0.2) is 59.1 Å². The quantitative estimate of drug-likeness (QED) is 0.601. The van der Waals surface area contributed by atoms with Crippen molar-refractivity contribution in [3.8, 4) is 0 Å². The van der Waals surface area contributed by atoms with Gasteiger partial charge in [0, 0.05) is 15.7 Å². The molecule has 2 aromatic rings. The number of rotatable bonds is 4. The second-order valence-corrected chi connectivity index (χ2v) is 5.60. The largest absolute Gasteiger partial charge is 0.329 e. The number of anilines is 1. The fourth-order valence-corrected chi connectivity index (χ4v) is 1.97. The molecule has 0 atom stereocenters. The molecule has 2 aromatic carbocycles. The summed E-state index contributed by atoms with van der Waals surface area (Å²) in [6.45, 7) is -0.278. The molecule has 0 fully saturated rings. The van der Waals surface area contributed by atoms with Crippen LogP contribution in [0.2, 0.25) is 0 Å². The molecule has 7 nitrogen and oxygen atoms in total. The number of benzene rings is 2. The number of amides is 4. The molecule has 0 aliphatic rings. The Balaban J connectivity index is 1.70. The Morgan fingerprint density at radius 2 is 1.54 bits per heavy atom. The summed E-state index contributed by atoms with van der Waals surface area (Å²) in [5.74, 6) is -1.01. The Morgan fingerprint density at radius 3 is 2.21 bits per heavy atom. The highest BCUT2D eigenvalue weighted by atomic mass is 79.9. The Kier molecular flexibility index (Phi) is 6.32. The van der Waals surface area contributed by atoms with Crippen LogP contribution in [0.25, 0.3) is 0 Å². The zero-order valence-corrected chi connectivity index (χ0v) is 14.1. The summed E-state index contributed by atoms with van der Waals surface area (Å²) in [4.78, 5) is 35.0. The molecule has 0 aliphatic heterocycles. The SMILES string of the molecule is O=C(CNC(=O)Nc1ccccc1)NNC(=O)c1ccc(Br)cc1. The maximum Gasteiger partial charge on any atom is 0.319 e. The summed E-state index contributed by atoms with van der Waals surface area (Å²) in [6.07, 6.45) is 0. The monoisotopic (exact) mass is 390 g/mol. The molecule has 24 heavy (non-hydrogen) atoms. The first-order chi connectivity index (χ1) is 11.5. The topological polar surface area (TPSA) is 99.3 Å². The summed E-state index contributed by atoms with van der Waals surface area (Å²) in [5.41, 5.74) is 5.49. The molecule has 0 unspecified atom stereocenters. The van der Waals surface area contributed by atoms with Gasteiger partial charge >= 0.3 is 6.03 Å². The van der Waals surface area contributed by atoms with Crippen molar-refractivity contribution in [1.82, 2.24) is 16.2 Å². The van der Waals surface area contributed by atoms with Gasteiger partial charge in [-0.3, -0.25) is 20.4 Å². The number of hydrogen-bond donors (Lipinski definition) is 4. The third-order valence-corrected chi connectivity index (χ3v) is 3.39. The van der Waals surface area contributed by atoms with Gasteiger partial charge in [-0.15, -0.1) is 0 Å². The smallest absolute Gasteiger partial charge is 0.319 e. The summed E-state index contributed by atoms with van der Waals surface area (Å²) < 4.78 is 0.844. The van der Waals surface area contributed by atoms with Crippen LogP contribution in [0, 0.1) is 0 Å². The third-order valence-electron chi connectivity index (χ3n) is 2.86. The van der Waals surface area contributed by atoms with Crippen LogP contribution in [0.3, 0.4) is 0 Å². The lowest BCUT2D eigenvalue weighted by Crippen LogP contribution is -2.46. The third kappa shape index (κ3) is 5.73. The molecular formula is C16H15BrN4O3. The predicted octanol–water partition coefficient (Wildman–Crippen LogP) is 2.03. The van der Waals surface area contributed by atoms with Crippen molar-refractivity contribution in [3.05, 3.63) is 64.6 Å². The molecule has 0 spiro atoms. The van der Waals surface area contributed by atoms with Crippen molar-refractivity contribution in [2.45, 2.75) is 0 Å². The van der Waals surface area contributed by atoms with Crippen LogP contribution in [-0.4, -0.2) is 24.4 Å². The lowest BCUT2D eigenvalue weighted by atomic mass is 10.2. The minimum absolute atomic E-state index is 0.278. The van der Waals surface area contributed by atoms with Crippen molar-refractivity contribution in [1.29, 1.82) is 0 Å². The van der Waals surface area contributed by atoms with Crippen molar-refractivity contribution in [2.75, 3.05) is 11.9 Å². The number of nitrogens with one attached hydrogen (secondary N) is 4. The minimum atomic E-state index is -0.552. The summed E-state index contributed by atoms with van der Waals surface area (Å²) in [7, 11) is 0. The van der Waals surface area contributed by atoms with E-state index in [0.29, 0.717) is 11.3 Å². The Bertz CT molecular complexity index is 720. The van der Waals surface area contributed by atoms with E-state index in [0.717, 1.165) is 4.47 Å². The molecule has 0 aromatic heterocycles. The van der Waals surface area contributed by atoms with Crippen LogP contribution in [-0.2, 0) is 4.79 Å². The van der Waals surface area contributed by atoms with Gasteiger partial charge in [-0.05, 0) is 36.4 Å². The zero-order valence-electron chi connectivity index (χ0n) is 12.5. The van der Waals surface area contributed by atoms with E-state index in [1.54, 1.807) is 48.5 Å². The molecule has 0 heterocycles. The van der Waals surface area contributed by atoms with Crippen molar-refractivity contribution < 1.29 is 14.4 Å². The maximum absolute atomic E-state index is 11.8.